The third-order valence-corrected chi connectivity index (χ3v) is 5.43. The summed E-state index contributed by atoms with van der Waals surface area (Å²) in [5, 5.41) is 4.67. The molecule has 0 atom stereocenters. The zero-order valence-electron chi connectivity index (χ0n) is 20.8. The molecule has 1 aromatic carbocycles. The standard InChI is InChI=1S/C26H26FN7O3/c1-15-5-6-16(14-31-15)34-23(13-22(32-34)26(2,3)4)33(25(29)36)21-8-7-17(11-19(21)27)37-18-9-10-30-20(12-18)24(28)35/h5-14H,1-4H3,(H2,28,35)(H2,29,36). The van der Waals surface area contributed by atoms with Crippen molar-refractivity contribution in [1.29, 1.82) is 0 Å². The van der Waals surface area contributed by atoms with Crippen LogP contribution < -0.4 is 21.1 Å². The third-order valence-electron chi connectivity index (χ3n) is 5.43. The highest BCUT2D eigenvalue weighted by atomic mass is 19.1. The van der Waals surface area contributed by atoms with Crippen LogP contribution in [0.15, 0.2) is 60.9 Å². The van der Waals surface area contributed by atoms with Crippen molar-refractivity contribution in [3.8, 4) is 17.2 Å². The number of aromatic nitrogens is 4. The van der Waals surface area contributed by atoms with Gasteiger partial charge in [-0.2, -0.15) is 5.10 Å². The van der Waals surface area contributed by atoms with Crippen molar-refractivity contribution in [2.24, 2.45) is 11.5 Å². The average Bonchev–Trinajstić information content (AvgIpc) is 3.26. The fourth-order valence-corrected chi connectivity index (χ4v) is 3.51. The molecule has 3 heterocycles. The summed E-state index contributed by atoms with van der Waals surface area (Å²) in [6.45, 7) is 7.77. The molecule has 0 spiro atoms. The van der Waals surface area contributed by atoms with Gasteiger partial charge in [0.05, 0.1) is 23.3 Å². The fourth-order valence-electron chi connectivity index (χ4n) is 3.51. The van der Waals surface area contributed by atoms with E-state index in [9.17, 15) is 9.59 Å². The summed E-state index contributed by atoms with van der Waals surface area (Å²) >= 11 is 0. The predicted octanol–water partition coefficient (Wildman–Crippen LogP) is 4.52. The van der Waals surface area contributed by atoms with E-state index in [0.29, 0.717) is 11.4 Å². The normalized spacial score (nSPS) is 11.3. The summed E-state index contributed by atoms with van der Waals surface area (Å²) in [4.78, 5) is 33.2. The number of urea groups is 1. The molecule has 0 saturated heterocycles. The Labute approximate surface area is 212 Å². The number of rotatable bonds is 6. The van der Waals surface area contributed by atoms with E-state index in [4.69, 9.17) is 16.2 Å². The number of primary amides is 2. The number of ether oxygens (including phenoxy) is 1. The number of carbonyl (C=O) groups excluding carboxylic acids is 2. The molecule has 0 aliphatic rings. The first-order chi connectivity index (χ1) is 17.4. The van der Waals surface area contributed by atoms with Crippen LogP contribution in [0, 0.1) is 12.7 Å². The van der Waals surface area contributed by atoms with Crippen LogP contribution in [0.2, 0.25) is 0 Å². The molecular formula is C26H26FN7O3. The molecule has 0 bridgehead atoms. The zero-order chi connectivity index (χ0) is 26.9. The lowest BCUT2D eigenvalue weighted by molar-refractivity contribution is 0.0995. The van der Waals surface area contributed by atoms with Gasteiger partial charge in [-0.3, -0.25) is 14.8 Å². The molecule has 0 saturated carbocycles. The monoisotopic (exact) mass is 503 g/mol. The number of pyridine rings is 2. The van der Waals surface area contributed by atoms with Gasteiger partial charge in [0.1, 0.15) is 23.0 Å². The Morgan fingerprint density at radius 2 is 1.73 bits per heavy atom. The topological polar surface area (TPSA) is 142 Å². The van der Waals surface area contributed by atoms with Crippen LogP contribution in [0.5, 0.6) is 11.5 Å². The van der Waals surface area contributed by atoms with E-state index in [-0.39, 0.29) is 34.1 Å². The second-order valence-corrected chi connectivity index (χ2v) is 9.34. The number of hydrogen-bond donors (Lipinski definition) is 2. The van der Waals surface area contributed by atoms with Crippen LogP contribution in [0.3, 0.4) is 0 Å². The largest absolute Gasteiger partial charge is 0.457 e. The number of aryl methyl sites for hydroxylation is 1. The molecule has 4 aromatic rings. The maximum absolute atomic E-state index is 15.4. The number of halogens is 1. The molecule has 3 amide bonds. The van der Waals surface area contributed by atoms with E-state index in [2.05, 4.69) is 15.1 Å². The SMILES string of the molecule is Cc1ccc(-n2nc(C(C)(C)C)cc2N(C(N)=O)c2ccc(Oc3ccnc(C(N)=O)c3)cc2F)cn1. The Kier molecular flexibility index (Phi) is 6.62. The second-order valence-electron chi connectivity index (χ2n) is 9.34. The van der Waals surface area contributed by atoms with E-state index in [0.717, 1.165) is 16.7 Å². The lowest BCUT2D eigenvalue weighted by Crippen LogP contribution is -2.33. The van der Waals surface area contributed by atoms with Crippen molar-refractivity contribution < 1.29 is 18.7 Å². The van der Waals surface area contributed by atoms with E-state index in [1.807, 2.05) is 33.8 Å². The highest BCUT2D eigenvalue weighted by Crippen LogP contribution is 2.35. The van der Waals surface area contributed by atoms with Crippen molar-refractivity contribution in [2.45, 2.75) is 33.1 Å². The summed E-state index contributed by atoms with van der Waals surface area (Å²) in [5.41, 5.74) is 12.6. The van der Waals surface area contributed by atoms with Crippen molar-refractivity contribution in [3.63, 3.8) is 0 Å². The smallest absolute Gasteiger partial charge is 0.325 e. The second kappa shape index (κ2) is 9.69. The van der Waals surface area contributed by atoms with Gasteiger partial charge in [-0.1, -0.05) is 20.8 Å². The fraction of sp³-hybridized carbons (Fsp3) is 0.192. The van der Waals surface area contributed by atoms with E-state index in [1.54, 1.807) is 18.3 Å². The molecule has 4 rings (SSSR count). The molecule has 0 aliphatic carbocycles. The van der Waals surface area contributed by atoms with Gasteiger partial charge in [-0.15, -0.1) is 0 Å². The summed E-state index contributed by atoms with van der Waals surface area (Å²) < 4.78 is 22.6. The number of hydrogen-bond acceptors (Lipinski definition) is 6. The van der Waals surface area contributed by atoms with Gasteiger partial charge in [0.2, 0.25) is 0 Å². The van der Waals surface area contributed by atoms with Gasteiger partial charge in [-0.05, 0) is 37.3 Å². The molecule has 190 valence electrons. The molecule has 0 radical (unpaired) electrons. The van der Waals surface area contributed by atoms with Gasteiger partial charge in [0.25, 0.3) is 5.91 Å². The number of amides is 3. The van der Waals surface area contributed by atoms with Crippen LogP contribution >= 0.6 is 0 Å². The lowest BCUT2D eigenvalue weighted by atomic mass is 9.92. The first-order valence-corrected chi connectivity index (χ1v) is 11.3. The van der Waals surface area contributed by atoms with Gasteiger partial charge in [0.15, 0.2) is 5.82 Å². The summed E-state index contributed by atoms with van der Waals surface area (Å²) in [7, 11) is 0. The van der Waals surface area contributed by atoms with Crippen LogP contribution in [0.25, 0.3) is 5.69 Å². The first kappa shape index (κ1) is 25.3. The Morgan fingerprint density at radius 1 is 1.00 bits per heavy atom. The van der Waals surface area contributed by atoms with Crippen LogP contribution in [0.1, 0.15) is 42.6 Å². The van der Waals surface area contributed by atoms with Gasteiger partial charge < -0.3 is 16.2 Å². The highest BCUT2D eigenvalue weighted by Gasteiger charge is 2.28. The summed E-state index contributed by atoms with van der Waals surface area (Å²) in [6.07, 6.45) is 2.96. The predicted molar refractivity (Wildman–Crippen MR) is 136 cm³/mol. The van der Waals surface area contributed by atoms with Crippen molar-refractivity contribution in [1.82, 2.24) is 19.7 Å². The molecule has 0 aliphatic heterocycles. The first-order valence-electron chi connectivity index (χ1n) is 11.3. The van der Waals surface area contributed by atoms with Gasteiger partial charge in [-0.25, -0.2) is 18.8 Å². The Morgan fingerprint density at radius 3 is 2.32 bits per heavy atom. The maximum atomic E-state index is 15.4. The Hall–Kier alpha value is -4.80. The van der Waals surface area contributed by atoms with Crippen LogP contribution in [-0.2, 0) is 5.41 Å². The van der Waals surface area contributed by atoms with Gasteiger partial charge in [0, 0.05) is 35.5 Å². The minimum atomic E-state index is -0.908. The number of nitrogens with zero attached hydrogens (tertiary/aromatic N) is 5. The molecule has 3 aromatic heterocycles. The van der Waals surface area contributed by atoms with E-state index >= 15 is 4.39 Å². The molecule has 4 N–H and O–H groups in total. The molecule has 10 nitrogen and oxygen atoms in total. The minimum absolute atomic E-state index is 0.00278. The number of benzene rings is 1. The Bertz CT molecular complexity index is 1480. The molecule has 0 fully saturated rings. The molecule has 0 unspecified atom stereocenters. The molecular weight excluding hydrogens is 477 g/mol. The van der Waals surface area contributed by atoms with Gasteiger partial charge >= 0.3 is 6.03 Å². The van der Waals surface area contributed by atoms with E-state index < -0.39 is 17.8 Å². The quantitative estimate of drug-likeness (QED) is 0.396. The van der Waals surface area contributed by atoms with Crippen LogP contribution in [-0.4, -0.2) is 31.7 Å². The van der Waals surface area contributed by atoms with Crippen molar-refractivity contribution in [2.75, 3.05) is 4.90 Å². The Balaban J connectivity index is 1.76. The molecule has 11 heteroatoms. The van der Waals surface area contributed by atoms with E-state index in [1.165, 1.54) is 35.1 Å². The zero-order valence-corrected chi connectivity index (χ0v) is 20.8. The third kappa shape index (κ3) is 5.40. The highest BCUT2D eigenvalue weighted by molar-refractivity contribution is 5.98. The minimum Gasteiger partial charge on any atom is -0.457 e. The maximum Gasteiger partial charge on any atom is 0.325 e. The van der Waals surface area contributed by atoms with Crippen LogP contribution in [0.4, 0.5) is 20.7 Å². The lowest BCUT2D eigenvalue weighted by Gasteiger charge is -2.22. The molecule has 37 heavy (non-hydrogen) atoms. The number of nitrogens with two attached hydrogens (primary N) is 2. The number of carbonyl (C=O) groups is 2. The van der Waals surface area contributed by atoms with Crippen molar-refractivity contribution >= 4 is 23.4 Å². The summed E-state index contributed by atoms with van der Waals surface area (Å²) in [5.74, 6) is -0.885. The number of anilines is 2. The van der Waals surface area contributed by atoms with Crippen molar-refractivity contribution in [3.05, 3.63) is 83.8 Å². The average molecular weight is 504 g/mol. The summed E-state index contributed by atoms with van der Waals surface area (Å²) in [6, 6.07) is 11.2.